The molecule has 7 nitrogen and oxygen atoms in total. The molecule has 0 unspecified atom stereocenters. The summed E-state index contributed by atoms with van der Waals surface area (Å²) in [5, 5.41) is 21.2. The van der Waals surface area contributed by atoms with Crippen LogP contribution in [0.4, 0.5) is 11.4 Å². The number of hydrogen-bond donors (Lipinski definition) is 0. The van der Waals surface area contributed by atoms with Crippen molar-refractivity contribution in [3.05, 3.63) is 69.9 Å². The van der Waals surface area contributed by atoms with Gasteiger partial charge >= 0.3 is 0 Å². The summed E-state index contributed by atoms with van der Waals surface area (Å²) in [6, 6.07) is 13.5. The molecule has 0 N–H and O–H groups in total. The van der Waals surface area contributed by atoms with Crippen LogP contribution in [0.5, 0.6) is 0 Å². The predicted octanol–water partition coefficient (Wildman–Crippen LogP) is 3.18. The molecule has 0 aliphatic rings. The molecule has 0 saturated carbocycles. The predicted molar refractivity (Wildman–Crippen MR) is 93.8 cm³/mol. The molecule has 0 saturated heterocycles. The van der Waals surface area contributed by atoms with Crippen LogP contribution in [-0.2, 0) is 0 Å². The minimum absolute atomic E-state index is 0.146. The van der Waals surface area contributed by atoms with Gasteiger partial charge in [0.2, 0.25) is 0 Å². The minimum Gasteiger partial charge on any atom is -0.372 e. The van der Waals surface area contributed by atoms with Crippen molar-refractivity contribution in [2.45, 2.75) is 0 Å². The van der Waals surface area contributed by atoms with Crippen LogP contribution < -0.4 is 4.90 Å². The molecule has 0 radical (unpaired) electrons. The van der Waals surface area contributed by atoms with Crippen molar-refractivity contribution >= 4 is 28.2 Å². The zero-order valence-corrected chi connectivity index (χ0v) is 13.6. The number of hydrogen-bond acceptors (Lipinski definition) is 5. The number of anilines is 1. The van der Waals surface area contributed by atoms with Gasteiger partial charge in [-0.2, -0.15) is 5.26 Å². The number of fused-ring (bicyclic) bond motifs is 1. The van der Waals surface area contributed by atoms with E-state index in [4.69, 9.17) is 0 Å². The standard InChI is InChI=1S/C18H14N4O3/c1-20(2)16-8-7-12(9-17(16)22(24)25)18(23)21-11-13(10-19)14-5-3-4-6-15(14)21/h3-9,11H,1-2H3. The molecule has 7 heteroatoms. The second-order valence-electron chi connectivity index (χ2n) is 5.70. The number of nitro groups is 1. The first-order valence-corrected chi connectivity index (χ1v) is 7.44. The number of rotatable bonds is 3. The normalized spacial score (nSPS) is 10.4. The van der Waals surface area contributed by atoms with Gasteiger partial charge in [-0.3, -0.25) is 19.5 Å². The van der Waals surface area contributed by atoms with Gasteiger partial charge in [-0.25, -0.2) is 0 Å². The van der Waals surface area contributed by atoms with Crippen molar-refractivity contribution in [2.75, 3.05) is 19.0 Å². The van der Waals surface area contributed by atoms with Crippen LogP contribution in [0.15, 0.2) is 48.7 Å². The van der Waals surface area contributed by atoms with Crippen LogP contribution in [0.3, 0.4) is 0 Å². The van der Waals surface area contributed by atoms with Crippen LogP contribution in [0.2, 0.25) is 0 Å². The average Bonchev–Trinajstić information content (AvgIpc) is 2.99. The molecular formula is C18H14N4O3. The maximum absolute atomic E-state index is 12.9. The first-order chi connectivity index (χ1) is 11.9. The zero-order valence-electron chi connectivity index (χ0n) is 13.6. The summed E-state index contributed by atoms with van der Waals surface area (Å²) in [7, 11) is 3.39. The third kappa shape index (κ3) is 2.70. The summed E-state index contributed by atoms with van der Waals surface area (Å²) in [4.78, 5) is 25.3. The van der Waals surface area contributed by atoms with E-state index in [0.29, 0.717) is 22.2 Å². The summed E-state index contributed by atoms with van der Waals surface area (Å²) < 4.78 is 1.35. The summed E-state index contributed by atoms with van der Waals surface area (Å²) in [6.45, 7) is 0. The number of benzene rings is 2. The smallest absolute Gasteiger partial charge is 0.293 e. The van der Waals surface area contributed by atoms with E-state index in [1.165, 1.54) is 16.8 Å². The van der Waals surface area contributed by atoms with E-state index >= 15 is 0 Å². The van der Waals surface area contributed by atoms with Gasteiger partial charge in [0.15, 0.2) is 0 Å². The van der Waals surface area contributed by atoms with Gasteiger partial charge < -0.3 is 4.90 Å². The van der Waals surface area contributed by atoms with Crippen molar-refractivity contribution in [1.29, 1.82) is 5.26 Å². The maximum atomic E-state index is 12.9. The lowest BCUT2D eigenvalue weighted by Crippen LogP contribution is -2.14. The first-order valence-electron chi connectivity index (χ1n) is 7.44. The lowest BCUT2D eigenvalue weighted by atomic mass is 10.1. The van der Waals surface area contributed by atoms with Gasteiger partial charge in [-0.05, 0) is 18.2 Å². The van der Waals surface area contributed by atoms with Gasteiger partial charge in [0.05, 0.1) is 16.0 Å². The average molecular weight is 334 g/mol. The molecule has 0 aliphatic heterocycles. The Labute approximate surface area is 143 Å². The lowest BCUT2D eigenvalue weighted by Gasteiger charge is -2.13. The Bertz CT molecular complexity index is 1040. The van der Waals surface area contributed by atoms with Crippen LogP contribution in [-0.4, -0.2) is 29.5 Å². The van der Waals surface area contributed by atoms with E-state index in [9.17, 15) is 20.2 Å². The molecule has 0 fully saturated rings. The van der Waals surface area contributed by atoms with Crippen molar-refractivity contribution in [2.24, 2.45) is 0 Å². The third-order valence-corrected chi connectivity index (χ3v) is 3.95. The highest BCUT2D eigenvalue weighted by atomic mass is 16.6. The van der Waals surface area contributed by atoms with Gasteiger partial charge in [-0.1, -0.05) is 18.2 Å². The Morgan fingerprint density at radius 3 is 2.60 bits per heavy atom. The van der Waals surface area contributed by atoms with E-state index in [2.05, 4.69) is 6.07 Å². The summed E-state index contributed by atoms with van der Waals surface area (Å²) in [6.07, 6.45) is 1.46. The molecule has 3 aromatic rings. The van der Waals surface area contributed by atoms with E-state index in [1.54, 1.807) is 55.4 Å². The fourth-order valence-corrected chi connectivity index (χ4v) is 2.76. The van der Waals surface area contributed by atoms with E-state index in [1.807, 2.05) is 0 Å². The highest BCUT2D eigenvalue weighted by molar-refractivity contribution is 6.04. The zero-order chi connectivity index (χ0) is 18.1. The SMILES string of the molecule is CN(C)c1ccc(C(=O)n2cc(C#N)c3ccccc32)cc1[N+](=O)[O-]. The summed E-state index contributed by atoms with van der Waals surface area (Å²) in [5.41, 5.74) is 1.42. The number of carbonyl (C=O) groups is 1. The maximum Gasteiger partial charge on any atom is 0.293 e. The Morgan fingerprint density at radius 1 is 1.24 bits per heavy atom. The molecule has 1 heterocycles. The van der Waals surface area contributed by atoms with Crippen molar-refractivity contribution in [1.82, 2.24) is 4.57 Å². The van der Waals surface area contributed by atoms with Gasteiger partial charge in [0.1, 0.15) is 11.8 Å². The van der Waals surface area contributed by atoms with Crippen molar-refractivity contribution < 1.29 is 9.72 Å². The molecule has 124 valence electrons. The van der Waals surface area contributed by atoms with Gasteiger partial charge in [0.25, 0.3) is 11.6 Å². The van der Waals surface area contributed by atoms with Crippen LogP contribution in [0.1, 0.15) is 15.9 Å². The molecular weight excluding hydrogens is 320 g/mol. The lowest BCUT2D eigenvalue weighted by molar-refractivity contribution is -0.384. The van der Waals surface area contributed by atoms with E-state index in [0.717, 1.165) is 0 Å². The molecule has 0 spiro atoms. The highest BCUT2D eigenvalue weighted by Gasteiger charge is 2.21. The monoisotopic (exact) mass is 334 g/mol. The molecule has 0 atom stereocenters. The fraction of sp³-hybridized carbons (Fsp3) is 0.111. The Morgan fingerprint density at radius 2 is 1.96 bits per heavy atom. The summed E-state index contributed by atoms with van der Waals surface area (Å²) in [5.74, 6) is -0.425. The van der Waals surface area contributed by atoms with Gasteiger partial charge in [0, 0.05) is 37.3 Å². The quantitative estimate of drug-likeness (QED) is 0.542. The summed E-state index contributed by atoms with van der Waals surface area (Å²) >= 11 is 0. The molecule has 2 aromatic carbocycles. The molecule has 25 heavy (non-hydrogen) atoms. The number of carbonyl (C=O) groups excluding carboxylic acids is 1. The highest BCUT2D eigenvalue weighted by Crippen LogP contribution is 2.29. The Hall–Kier alpha value is -3.66. The molecule has 0 aliphatic carbocycles. The second-order valence-corrected chi connectivity index (χ2v) is 5.70. The van der Waals surface area contributed by atoms with Crippen LogP contribution >= 0.6 is 0 Å². The number of nitrogens with zero attached hydrogens (tertiary/aromatic N) is 4. The number of nitro benzene ring substituents is 1. The Balaban J connectivity index is 2.16. The molecule has 3 rings (SSSR count). The van der Waals surface area contributed by atoms with E-state index in [-0.39, 0.29) is 11.3 Å². The molecule has 1 aromatic heterocycles. The van der Waals surface area contributed by atoms with Gasteiger partial charge in [-0.15, -0.1) is 0 Å². The second kappa shape index (κ2) is 6.09. The Kier molecular flexibility index (Phi) is 3.95. The van der Waals surface area contributed by atoms with Crippen molar-refractivity contribution in [3.8, 4) is 6.07 Å². The number of nitriles is 1. The molecule has 0 bridgehead atoms. The number of para-hydroxylation sites is 1. The van der Waals surface area contributed by atoms with Crippen LogP contribution in [0, 0.1) is 21.4 Å². The fourth-order valence-electron chi connectivity index (χ4n) is 2.76. The topological polar surface area (TPSA) is 92.2 Å². The molecule has 0 amide bonds. The number of aromatic nitrogens is 1. The van der Waals surface area contributed by atoms with Crippen LogP contribution in [0.25, 0.3) is 10.9 Å². The largest absolute Gasteiger partial charge is 0.372 e. The van der Waals surface area contributed by atoms with Crippen molar-refractivity contribution in [3.63, 3.8) is 0 Å². The minimum atomic E-state index is -0.513. The third-order valence-electron chi connectivity index (χ3n) is 3.95. The van der Waals surface area contributed by atoms with E-state index < -0.39 is 10.8 Å². The first kappa shape index (κ1) is 16.2.